The lowest BCUT2D eigenvalue weighted by Crippen LogP contribution is -2.21. The van der Waals surface area contributed by atoms with E-state index in [1.165, 1.54) is 30.4 Å². The minimum absolute atomic E-state index is 0.482. The van der Waals surface area contributed by atoms with Crippen molar-refractivity contribution in [3.8, 4) is 0 Å². The predicted octanol–water partition coefficient (Wildman–Crippen LogP) is 3.11. The lowest BCUT2D eigenvalue weighted by atomic mass is 10.1. The Labute approximate surface area is 121 Å². The van der Waals surface area contributed by atoms with Gasteiger partial charge in [-0.2, -0.15) is 5.10 Å². The van der Waals surface area contributed by atoms with Crippen molar-refractivity contribution >= 4 is 0 Å². The van der Waals surface area contributed by atoms with Crippen LogP contribution in [0.25, 0.3) is 0 Å². The number of nitrogens with zero attached hydrogens (tertiary/aromatic N) is 3. The molecule has 0 saturated carbocycles. The highest BCUT2D eigenvalue weighted by Gasteiger charge is 2.11. The van der Waals surface area contributed by atoms with Gasteiger partial charge in [0.2, 0.25) is 0 Å². The first-order valence-corrected chi connectivity index (χ1v) is 7.59. The van der Waals surface area contributed by atoms with Crippen LogP contribution < -0.4 is 5.32 Å². The van der Waals surface area contributed by atoms with Gasteiger partial charge in [-0.15, -0.1) is 0 Å². The Morgan fingerprint density at radius 1 is 1.25 bits per heavy atom. The maximum absolute atomic E-state index is 4.22. The van der Waals surface area contributed by atoms with Crippen molar-refractivity contribution in [2.24, 2.45) is 7.05 Å². The average molecular weight is 274 g/mol. The smallest absolute Gasteiger partial charge is 0.0539 e. The molecular formula is C16H26N4. The highest BCUT2D eigenvalue weighted by Crippen LogP contribution is 2.19. The van der Waals surface area contributed by atoms with Crippen LogP contribution in [-0.4, -0.2) is 20.9 Å². The molecular weight excluding hydrogens is 248 g/mol. The normalized spacial score (nSPS) is 12.8. The summed E-state index contributed by atoms with van der Waals surface area (Å²) in [5, 5.41) is 7.85. The van der Waals surface area contributed by atoms with Gasteiger partial charge in [-0.3, -0.25) is 4.68 Å². The summed E-state index contributed by atoms with van der Waals surface area (Å²) >= 11 is 0. The van der Waals surface area contributed by atoms with Crippen molar-refractivity contribution in [3.05, 3.63) is 42.0 Å². The third-order valence-electron chi connectivity index (χ3n) is 3.52. The molecule has 0 radical (unpaired) electrons. The standard InChI is InChI=1S/C16H26N4/c1-4-6-16(17-8-5-2)15-7-9-20(13-15)12-14-10-18-19(3)11-14/h7,9-11,13,16-17H,4-6,8,12H2,1-3H3. The summed E-state index contributed by atoms with van der Waals surface area (Å²) in [6, 6.07) is 2.72. The van der Waals surface area contributed by atoms with E-state index in [0.717, 1.165) is 13.1 Å². The molecule has 2 rings (SSSR count). The van der Waals surface area contributed by atoms with Gasteiger partial charge in [0.05, 0.1) is 12.7 Å². The molecule has 4 nitrogen and oxygen atoms in total. The minimum atomic E-state index is 0.482. The Morgan fingerprint density at radius 3 is 2.75 bits per heavy atom. The van der Waals surface area contributed by atoms with Crippen LogP contribution in [0.2, 0.25) is 0 Å². The second-order valence-electron chi connectivity index (χ2n) is 5.43. The van der Waals surface area contributed by atoms with Crippen molar-refractivity contribution in [2.75, 3.05) is 6.54 Å². The van der Waals surface area contributed by atoms with Crippen molar-refractivity contribution in [3.63, 3.8) is 0 Å². The van der Waals surface area contributed by atoms with Crippen molar-refractivity contribution < 1.29 is 0 Å². The molecule has 0 aromatic carbocycles. The van der Waals surface area contributed by atoms with Gasteiger partial charge in [0, 0.05) is 37.2 Å². The van der Waals surface area contributed by atoms with Crippen LogP contribution in [0.3, 0.4) is 0 Å². The summed E-state index contributed by atoms with van der Waals surface area (Å²) in [6.45, 7) is 6.43. The third-order valence-corrected chi connectivity index (χ3v) is 3.52. The highest BCUT2D eigenvalue weighted by atomic mass is 15.2. The summed E-state index contributed by atoms with van der Waals surface area (Å²) in [4.78, 5) is 0. The molecule has 0 aliphatic heterocycles. The van der Waals surface area contributed by atoms with Crippen LogP contribution in [0.15, 0.2) is 30.9 Å². The molecule has 2 heterocycles. The Bertz CT molecular complexity index is 512. The van der Waals surface area contributed by atoms with Gasteiger partial charge < -0.3 is 9.88 Å². The van der Waals surface area contributed by atoms with Gasteiger partial charge in [0.25, 0.3) is 0 Å². The second kappa shape index (κ2) is 7.29. The molecule has 1 unspecified atom stereocenters. The molecule has 0 aliphatic rings. The van der Waals surface area contributed by atoms with E-state index in [0.29, 0.717) is 6.04 Å². The molecule has 1 atom stereocenters. The Kier molecular flexibility index (Phi) is 5.41. The van der Waals surface area contributed by atoms with E-state index < -0.39 is 0 Å². The molecule has 1 N–H and O–H groups in total. The minimum Gasteiger partial charge on any atom is -0.349 e. The van der Waals surface area contributed by atoms with Gasteiger partial charge in [-0.1, -0.05) is 20.3 Å². The summed E-state index contributed by atoms with van der Waals surface area (Å²) in [6.07, 6.45) is 12.0. The van der Waals surface area contributed by atoms with Crippen LogP contribution in [-0.2, 0) is 13.6 Å². The molecule has 0 fully saturated rings. The predicted molar refractivity (Wildman–Crippen MR) is 82.7 cm³/mol. The molecule has 0 spiro atoms. The molecule has 0 amide bonds. The van der Waals surface area contributed by atoms with Gasteiger partial charge in [-0.05, 0) is 31.0 Å². The second-order valence-corrected chi connectivity index (χ2v) is 5.43. The zero-order valence-corrected chi connectivity index (χ0v) is 12.8. The molecule has 0 bridgehead atoms. The number of hydrogen-bond donors (Lipinski definition) is 1. The zero-order chi connectivity index (χ0) is 14.4. The molecule has 4 heteroatoms. The first-order valence-electron chi connectivity index (χ1n) is 7.59. The van der Waals surface area contributed by atoms with Gasteiger partial charge in [-0.25, -0.2) is 0 Å². The highest BCUT2D eigenvalue weighted by molar-refractivity contribution is 5.17. The number of aromatic nitrogens is 3. The largest absolute Gasteiger partial charge is 0.349 e. The van der Waals surface area contributed by atoms with Crippen molar-refractivity contribution in [1.29, 1.82) is 0 Å². The van der Waals surface area contributed by atoms with E-state index in [-0.39, 0.29) is 0 Å². The quantitative estimate of drug-likeness (QED) is 0.802. The Morgan fingerprint density at radius 2 is 2.10 bits per heavy atom. The van der Waals surface area contributed by atoms with E-state index in [9.17, 15) is 0 Å². The molecule has 110 valence electrons. The topological polar surface area (TPSA) is 34.8 Å². The monoisotopic (exact) mass is 274 g/mol. The van der Waals surface area contributed by atoms with E-state index in [2.05, 4.69) is 53.5 Å². The summed E-state index contributed by atoms with van der Waals surface area (Å²) in [5.41, 5.74) is 2.63. The van der Waals surface area contributed by atoms with Gasteiger partial charge >= 0.3 is 0 Å². The SMILES string of the molecule is CCCNC(CCC)c1ccn(Cc2cnn(C)c2)c1. The summed E-state index contributed by atoms with van der Waals surface area (Å²) in [7, 11) is 1.95. The van der Waals surface area contributed by atoms with Crippen LogP contribution in [0.5, 0.6) is 0 Å². The number of nitrogens with one attached hydrogen (secondary N) is 1. The van der Waals surface area contributed by atoms with E-state index in [1.54, 1.807) is 0 Å². The Hall–Kier alpha value is -1.55. The maximum atomic E-state index is 4.22. The van der Waals surface area contributed by atoms with Crippen LogP contribution >= 0.6 is 0 Å². The zero-order valence-electron chi connectivity index (χ0n) is 12.8. The lowest BCUT2D eigenvalue weighted by Gasteiger charge is -2.16. The van der Waals surface area contributed by atoms with E-state index in [1.807, 2.05) is 17.9 Å². The Balaban J connectivity index is 2.02. The third kappa shape index (κ3) is 3.97. The number of aryl methyl sites for hydroxylation is 1. The van der Waals surface area contributed by atoms with Crippen molar-refractivity contribution in [1.82, 2.24) is 19.7 Å². The first-order chi connectivity index (χ1) is 9.72. The van der Waals surface area contributed by atoms with Gasteiger partial charge in [0.1, 0.15) is 0 Å². The lowest BCUT2D eigenvalue weighted by molar-refractivity contribution is 0.493. The average Bonchev–Trinajstić information content (AvgIpc) is 3.04. The molecule has 2 aromatic rings. The molecule has 0 aliphatic carbocycles. The number of rotatable bonds is 8. The molecule has 2 aromatic heterocycles. The van der Waals surface area contributed by atoms with E-state index in [4.69, 9.17) is 0 Å². The first kappa shape index (κ1) is 14.9. The maximum Gasteiger partial charge on any atom is 0.0539 e. The van der Waals surface area contributed by atoms with Crippen LogP contribution in [0.4, 0.5) is 0 Å². The van der Waals surface area contributed by atoms with Gasteiger partial charge in [0.15, 0.2) is 0 Å². The van der Waals surface area contributed by atoms with Crippen molar-refractivity contribution in [2.45, 2.75) is 45.7 Å². The van der Waals surface area contributed by atoms with Crippen LogP contribution in [0.1, 0.15) is 50.3 Å². The summed E-state index contributed by atoms with van der Waals surface area (Å²) < 4.78 is 4.09. The number of hydrogen-bond acceptors (Lipinski definition) is 2. The molecule has 0 saturated heterocycles. The van der Waals surface area contributed by atoms with Crippen LogP contribution in [0, 0.1) is 0 Å². The fraction of sp³-hybridized carbons (Fsp3) is 0.562. The molecule has 20 heavy (non-hydrogen) atoms. The fourth-order valence-electron chi connectivity index (χ4n) is 2.52. The summed E-state index contributed by atoms with van der Waals surface area (Å²) in [5.74, 6) is 0. The fourth-order valence-corrected chi connectivity index (χ4v) is 2.52. The van der Waals surface area contributed by atoms with E-state index >= 15 is 0 Å².